The summed E-state index contributed by atoms with van der Waals surface area (Å²) >= 11 is 0. The van der Waals surface area contributed by atoms with Gasteiger partial charge in [-0.1, -0.05) is 35.5 Å². The predicted molar refractivity (Wildman–Crippen MR) is 51.6 cm³/mol. The summed E-state index contributed by atoms with van der Waals surface area (Å²) in [6.07, 6.45) is 0.199. The summed E-state index contributed by atoms with van der Waals surface area (Å²) in [6, 6.07) is 9.01. The van der Waals surface area contributed by atoms with Crippen LogP contribution in [0.1, 0.15) is 18.4 Å². The molecule has 0 aliphatic heterocycles. The van der Waals surface area contributed by atoms with Crippen molar-refractivity contribution in [3.63, 3.8) is 0 Å². The Morgan fingerprint density at radius 1 is 1.21 bits per heavy atom. The fourth-order valence-corrected chi connectivity index (χ4v) is 1.11. The predicted octanol–water partition coefficient (Wildman–Crippen LogP) is 1.73. The van der Waals surface area contributed by atoms with Crippen LogP contribution < -0.4 is 0 Å². The number of hydrogen-bond acceptors (Lipinski definition) is 3. The van der Waals surface area contributed by atoms with Crippen LogP contribution in [0.4, 0.5) is 0 Å². The molecule has 14 heavy (non-hydrogen) atoms. The van der Waals surface area contributed by atoms with E-state index in [0.29, 0.717) is 5.71 Å². The Morgan fingerprint density at radius 3 is 2.36 bits per heavy atom. The molecule has 0 spiro atoms. The van der Waals surface area contributed by atoms with Gasteiger partial charge in [0.15, 0.2) is 0 Å². The fraction of sp³-hybridized carbons (Fsp3) is 0.200. The van der Waals surface area contributed by atoms with Gasteiger partial charge in [0.05, 0.1) is 12.1 Å². The second kappa shape index (κ2) is 5.01. The molecule has 0 atom stereocenters. The van der Waals surface area contributed by atoms with Crippen LogP contribution in [0.2, 0.25) is 0 Å². The molecule has 0 fully saturated rings. The molecule has 74 valence electrons. The Kier molecular flexibility index (Phi) is 3.67. The van der Waals surface area contributed by atoms with E-state index in [0.717, 1.165) is 5.56 Å². The van der Waals surface area contributed by atoms with Gasteiger partial charge >= 0.3 is 5.97 Å². The molecule has 0 aliphatic carbocycles. The third kappa shape index (κ3) is 2.90. The first-order valence-electron chi connectivity index (χ1n) is 4.22. The Hall–Kier alpha value is -1.84. The van der Waals surface area contributed by atoms with Crippen LogP contribution in [0.15, 0.2) is 35.5 Å². The number of benzene rings is 1. The van der Waals surface area contributed by atoms with Crippen LogP contribution in [-0.4, -0.2) is 22.0 Å². The van der Waals surface area contributed by atoms with Gasteiger partial charge in [0.1, 0.15) is 0 Å². The summed E-state index contributed by atoms with van der Waals surface area (Å²) in [4.78, 5) is 10.3. The number of carbonyl (C=O) groups is 1. The van der Waals surface area contributed by atoms with E-state index in [4.69, 9.17) is 10.3 Å². The second-order valence-corrected chi connectivity index (χ2v) is 2.81. The average Bonchev–Trinajstić information content (AvgIpc) is 2.20. The third-order valence-corrected chi connectivity index (χ3v) is 1.80. The highest BCUT2D eigenvalue weighted by atomic mass is 16.4. The first-order valence-corrected chi connectivity index (χ1v) is 4.22. The van der Waals surface area contributed by atoms with Crippen molar-refractivity contribution in [2.24, 2.45) is 5.16 Å². The lowest BCUT2D eigenvalue weighted by atomic mass is 10.1. The molecule has 1 aromatic carbocycles. The van der Waals surface area contributed by atoms with Crippen LogP contribution in [-0.2, 0) is 4.79 Å². The van der Waals surface area contributed by atoms with E-state index < -0.39 is 5.97 Å². The minimum atomic E-state index is -0.901. The van der Waals surface area contributed by atoms with E-state index in [2.05, 4.69) is 5.16 Å². The average molecular weight is 193 g/mol. The van der Waals surface area contributed by atoms with Crippen LogP contribution in [0.25, 0.3) is 0 Å². The number of aliphatic carboxylic acids is 1. The fourth-order valence-electron chi connectivity index (χ4n) is 1.11. The highest BCUT2D eigenvalue weighted by molar-refractivity contribution is 6.01. The van der Waals surface area contributed by atoms with Gasteiger partial charge in [0.25, 0.3) is 0 Å². The molecule has 1 rings (SSSR count). The Balaban J connectivity index is 2.69. The van der Waals surface area contributed by atoms with Gasteiger partial charge in [-0.15, -0.1) is 0 Å². The van der Waals surface area contributed by atoms with Crippen LogP contribution in [0.5, 0.6) is 0 Å². The lowest BCUT2D eigenvalue weighted by molar-refractivity contribution is -0.136. The quantitative estimate of drug-likeness (QED) is 0.434. The molecule has 0 heterocycles. The van der Waals surface area contributed by atoms with Gasteiger partial charge in [0, 0.05) is 6.42 Å². The molecular formula is C10H11NO3. The van der Waals surface area contributed by atoms with Crippen molar-refractivity contribution in [3.05, 3.63) is 35.9 Å². The summed E-state index contributed by atoms with van der Waals surface area (Å²) in [7, 11) is 0. The molecule has 4 heteroatoms. The topological polar surface area (TPSA) is 69.9 Å². The molecule has 0 aliphatic rings. The molecule has 0 amide bonds. The Morgan fingerprint density at radius 2 is 1.86 bits per heavy atom. The van der Waals surface area contributed by atoms with Gasteiger partial charge in [-0.25, -0.2) is 0 Å². The van der Waals surface area contributed by atoms with Gasteiger partial charge in [-0.3, -0.25) is 4.79 Å². The van der Waals surface area contributed by atoms with Crippen molar-refractivity contribution >= 4 is 11.7 Å². The smallest absolute Gasteiger partial charge is 0.303 e. The molecule has 0 unspecified atom stereocenters. The molecule has 2 N–H and O–H groups in total. The van der Waals surface area contributed by atoms with E-state index >= 15 is 0 Å². The minimum Gasteiger partial charge on any atom is -0.481 e. The number of carboxylic acid groups (broad SMARTS) is 1. The standard InChI is InChI=1S/C10H11NO3/c12-10(13)7-6-9(11-14)8-4-2-1-3-5-8/h1-5,14H,6-7H2,(H,12,13)/b11-9-. The highest BCUT2D eigenvalue weighted by Gasteiger charge is 2.06. The van der Waals surface area contributed by atoms with E-state index in [1.807, 2.05) is 6.07 Å². The summed E-state index contributed by atoms with van der Waals surface area (Å²) in [5.41, 5.74) is 1.14. The number of oxime groups is 1. The van der Waals surface area contributed by atoms with Gasteiger partial charge in [-0.05, 0) is 5.56 Å². The zero-order valence-corrected chi connectivity index (χ0v) is 7.55. The van der Waals surface area contributed by atoms with E-state index in [9.17, 15) is 4.79 Å². The maximum absolute atomic E-state index is 10.3. The lowest BCUT2D eigenvalue weighted by Gasteiger charge is -2.01. The second-order valence-electron chi connectivity index (χ2n) is 2.81. The molecule has 0 aromatic heterocycles. The zero-order chi connectivity index (χ0) is 10.4. The Bertz CT molecular complexity index is 332. The van der Waals surface area contributed by atoms with Crippen molar-refractivity contribution < 1.29 is 15.1 Å². The maximum atomic E-state index is 10.3. The lowest BCUT2D eigenvalue weighted by Crippen LogP contribution is -2.05. The molecular weight excluding hydrogens is 182 g/mol. The first kappa shape index (κ1) is 10.2. The monoisotopic (exact) mass is 193 g/mol. The first-order chi connectivity index (χ1) is 6.74. The molecule has 4 nitrogen and oxygen atoms in total. The molecule has 0 bridgehead atoms. The normalized spacial score (nSPS) is 11.3. The summed E-state index contributed by atoms with van der Waals surface area (Å²) < 4.78 is 0. The van der Waals surface area contributed by atoms with E-state index in [1.165, 1.54) is 0 Å². The summed E-state index contributed by atoms with van der Waals surface area (Å²) in [5, 5.41) is 20.2. The summed E-state index contributed by atoms with van der Waals surface area (Å²) in [6.45, 7) is 0. The van der Waals surface area contributed by atoms with Crippen LogP contribution in [0.3, 0.4) is 0 Å². The minimum absolute atomic E-state index is 0.0334. The summed E-state index contributed by atoms with van der Waals surface area (Å²) in [5.74, 6) is -0.901. The number of nitrogens with zero attached hydrogens (tertiary/aromatic N) is 1. The van der Waals surface area contributed by atoms with Gasteiger partial charge < -0.3 is 10.3 Å². The maximum Gasteiger partial charge on any atom is 0.303 e. The van der Waals surface area contributed by atoms with Crippen LogP contribution >= 0.6 is 0 Å². The highest BCUT2D eigenvalue weighted by Crippen LogP contribution is 2.06. The van der Waals surface area contributed by atoms with Crippen molar-refractivity contribution in [1.82, 2.24) is 0 Å². The number of hydrogen-bond donors (Lipinski definition) is 2. The van der Waals surface area contributed by atoms with Gasteiger partial charge in [0.2, 0.25) is 0 Å². The Labute approximate surface area is 81.5 Å². The molecule has 0 saturated heterocycles. The van der Waals surface area contributed by atoms with E-state index in [1.54, 1.807) is 24.3 Å². The molecule has 1 aromatic rings. The van der Waals surface area contributed by atoms with Gasteiger partial charge in [-0.2, -0.15) is 0 Å². The molecule has 0 radical (unpaired) electrons. The van der Waals surface area contributed by atoms with Crippen molar-refractivity contribution in [2.75, 3.05) is 0 Å². The molecule has 0 saturated carbocycles. The van der Waals surface area contributed by atoms with Crippen LogP contribution in [0, 0.1) is 0 Å². The number of rotatable bonds is 4. The van der Waals surface area contributed by atoms with Crippen molar-refractivity contribution in [1.29, 1.82) is 0 Å². The van der Waals surface area contributed by atoms with Crippen molar-refractivity contribution in [3.8, 4) is 0 Å². The third-order valence-electron chi connectivity index (χ3n) is 1.80. The largest absolute Gasteiger partial charge is 0.481 e. The number of carboxylic acids is 1. The zero-order valence-electron chi connectivity index (χ0n) is 7.55. The SMILES string of the molecule is O=C(O)CC/C(=N/O)c1ccccc1. The van der Waals surface area contributed by atoms with E-state index in [-0.39, 0.29) is 12.8 Å². The van der Waals surface area contributed by atoms with Crippen molar-refractivity contribution in [2.45, 2.75) is 12.8 Å².